The van der Waals surface area contributed by atoms with Gasteiger partial charge in [-0.1, -0.05) is 35.8 Å². The summed E-state index contributed by atoms with van der Waals surface area (Å²) in [6.45, 7) is 5.65. The number of ether oxygens (including phenoxy) is 1. The van der Waals surface area contributed by atoms with Crippen LogP contribution in [0.4, 0.5) is 0 Å². The highest BCUT2D eigenvalue weighted by atomic mass is 79.9. The quantitative estimate of drug-likeness (QED) is 0.865. The average Bonchev–Trinajstić information content (AvgIpc) is 2.37. The Morgan fingerprint density at radius 1 is 1.32 bits per heavy atom. The lowest BCUT2D eigenvalue weighted by molar-refractivity contribution is -0.144. The van der Waals surface area contributed by atoms with Crippen molar-refractivity contribution in [3.05, 3.63) is 33.8 Å². The molecule has 1 aromatic rings. The molecule has 5 heteroatoms. The van der Waals surface area contributed by atoms with Gasteiger partial charge in [-0.15, -0.1) is 0 Å². The summed E-state index contributed by atoms with van der Waals surface area (Å²) in [5.74, 6) is -0.760. The molecule has 0 aliphatic carbocycles. The Balaban J connectivity index is 2.87. The molecule has 1 amide bonds. The van der Waals surface area contributed by atoms with Crippen molar-refractivity contribution in [3.8, 4) is 0 Å². The first-order chi connectivity index (χ1) is 8.86. The molecule has 0 saturated heterocycles. The third-order valence-electron chi connectivity index (χ3n) is 2.84. The monoisotopic (exact) mass is 327 g/mol. The number of carbonyl (C=O) groups excluding carboxylic acids is 2. The molecule has 0 aliphatic rings. The Morgan fingerprint density at radius 3 is 2.42 bits per heavy atom. The van der Waals surface area contributed by atoms with E-state index in [1.807, 2.05) is 26.8 Å². The molecular formula is C14H18BrNO3. The number of nitrogens with one attached hydrogen (secondary N) is 1. The van der Waals surface area contributed by atoms with Crippen molar-refractivity contribution in [1.29, 1.82) is 0 Å². The van der Waals surface area contributed by atoms with Crippen molar-refractivity contribution in [1.82, 2.24) is 5.32 Å². The van der Waals surface area contributed by atoms with Gasteiger partial charge in [0, 0.05) is 10.0 Å². The summed E-state index contributed by atoms with van der Waals surface area (Å²) in [5.41, 5.74) is 1.55. The van der Waals surface area contributed by atoms with Crippen LogP contribution in [0.2, 0.25) is 0 Å². The molecule has 0 spiro atoms. The minimum Gasteiger partial charge on any atom is -0.467 e. The van der Waals surface area contributed by atoms with E-state index in [0.717, 1.165) is 10.0 Å². The normalized spacial score (nSPS) is 12.1. The van der Waals surface area contributed by atoms with E-state index in [2.05, 4.69) is 21.2 Å². The van der Waals surface area contributed by atoms with Gasteiger partial charge < -0.3 is 10.1 Å². The van der Waals surface area contributed by atoms with E-state index in [4.69, 9.17) is 4.74 Å². The maximum atomic E-state index is 12.1. The highest BCUT2D eigenvalue weighted by Gasteiger charge is 2.25. The Morgan fingerprint density at radius 2 is 1.95 bits per heavy atom. The van der Waals surface area contributed by atoms with E-state index in [9.17, 15) is 9.59 Å². The zero-order chi connectivity index (χ0) is 14.6. The average molecular weight is 328 g/mol. The van der Waals surface area contributed by atoms with Crippen LogP contribution >= 0.6 is 15.9 Å². The second-order valence-corrected chi connectivity index (χ2v) is 5.54. The van der Waals surface area contributed by atoms with Crippen LogP contribution in [-0.4, -0.2) is 25.0 Å². The van der Waals surface area contributed by atoms with Crippen LogP contribution in [0.25, 0.3) is 0 Å². The van der Waals surface area contributed by atoms with E-state index in [1.54, 1.807) is 12.1 Å². The van der Waals surface area contributed by atoms with Crippen molar-refractivity contribution in [2.75, 3.05) is 7.11 Å². The molecule has 0 radical (unpaired) electrons. The van der Waals surface area contributed by atoms with E-state index < -0.39 is 12.0 Å². The molecule has 1 unspecified atom stereocenters. The maximum absolute atomic E-state index is 12.1. The minimum absolute atomic E-state index is 0.0368. The molecule has 104 valence electrons. The van der Waals surface area contributed by atoms with Gasteiger partial charge in [-0.2, -0.15) is 0 Å². The van der Waals surface area contributed by atoms with Crippen molar-refractivity contribution in [2.24, 2.45) is 5.92 Å². The molecule has 0 aliphatic heterocycles. The molecule has 0 heterocycles. The molecule has 0 fully saturated rings. The van der Waals surface area contributed by atoms with Crippen molar-refractivity contribution in [3.63, 3.8) is 0 Å². The zero-order valence-corrected chi connectivity index (χ0v) is 13.1. The van der Waals surface area contributed by atoms with Crippen LogP contribution in [0.1, 0.15) is 29.8 Å². The Labute approximate surface area is 121 Å². The molecule has 4 nitrogen and oxygen atoms in total. The van der Waals surface area contributed by atoms with E-state index in [0.29, 0.717) is 5.56 Å². The number of rotatable bonds is 4. The SMILES string of the molecule is COC(=O)C(NC(=O)c1ccc(C)c(Br)c1)C(C)C. The van der Waals surface area contributed by atoms with Crippen LogP contribution in [0.3, 0.4) is 0 Å². The fourth-order valence-electron chi connectivity index (χ4n) is 1.58. The second-order valence-electron chi connectivity index (χ2n) is 4.68. The predicted molar refractivity (Wildman–Crippen MR) is 77.0 cm³/mol. The zero-order valence-electron chi connectivity index (χ0n) is 11.5. The number of esters is 1. The van der Waals surface area contributed by atoms with Gasteiger partial charge in [0.2, 0.25) is 0 Å². The molecule has 1 atom stereocenters. The summed E-state index contributed by atoms with van der Waals surface area (Å²) in [7, 11) is 1.31. The third-order valence-corrected chi connectivity index (χ3v) is 3.70. The molecule has 0 saturated carbocycles. The standard InChI is InChI=1S/C14H18BrNO3/c1-8(2)12(14(18)19-4)16-13(17)10-6-5-9(3)11(15)7-10/h5-8,12H,1-4H3,(H,16,17). The number of amides is 1. The van der Waals surface area contributed by atoms with E-state index in [1.165, 1.54) is 7.11 Å². The lowest BCUT2D eigenvalue weighted by Gasteiger charge is -2.19. The van der Waals surface area contributed by atoms with Gasteiger partial charge in [0.05, 0.1) is 7.11 Å². The summed E-state index contributed by atoms with van der Waals surface area (Å²) >= 11 is 3.38. The number of hydrogen-bond acceptors (Lipinski definition) is 3. The maximum Gasteiger partial charge on any atom is 0.328 e. The van der Waals surface area contributed by atoms with Gasteiger partial charge in [0.1, 0.15) is 6.04 Å². The Kier molecular flexibility index (Phi) is 5.54. The third kappa shape index (κ3) is 4.06. The van der Waals surface area contributed by atoms with Gasteiger partial charge in [0.15, 0.2) is 0 Å². The first kappa shape index (κ1) is 15.7. The van der Waals surface area contributed by atoms with Gasteiger partial charge in [-0.3, -0.25) is 4.79 Å². The summed E-state index contributed by atoms with van der Waals surface area (Å²) in [6.07, 6.45) is 0. The van der Waals surface area contributed by atoms with Crippen LogP contribution in [-0.2, 0) is 9.53 Å². The topological polar surface area (TPSA) is 55.4 Å². The lowest BCUT2D eigenvalue weighted by atomic mass is 10.0. The highest BCUT2D eigenvalue weighted by Crippen LogP contribution is 2.17. The fourth-order valence-corrected chi connectivity index (χ4v) is 1.96. The summed E-state index contributed by atoms with van der Waals surface area (Å²) < 4.78 is 5.55. The molecule has 19 heavy (non-hydrogen) atoms. The molecular weight excluding hydrogens is 310 g/mol. The minimum atomic E-state index is -0.641. The van der Waals surface area contributed by atoms with Gasteiger partial charge in [-0.05, 0) is 30.5 Å². The molecule has 1 N–H and O–H groups in total. The largest absolute Gasteiger partial charge is 0.467 e. The first-order valence-corrected chi connectivity index (χ1v) is 6.81. The molecule has 1 aromatic carbocycles. The number of methoxy groups -OCH3 is 1. The van der Waals surface area contributed by atoms with Gasteiger partial charge in [0.25, 0.3) is 5.91 Å². The van der Waals surface area contributed by atoms with E-state index in [-0.39, 0.29) is 11.8 Å². The van der Waals surface area contributed by atoms with Crippen LogP contribution in [0.15, 0.2) is 22.7 Å². The Hall–Kier alpha value is -1.36. The second kappa shape index (κ2) is 6.70. The van der Waals surface area contributed by atoms with Crippen molar-refractivity contribution in [2.45, 2.75) is 26.8 Å². The smallest absolute Gasteiger partial charge is 0.328 e. The number of aryl methyl sites for hydroxylation is 1. The molecule has 0 bridgehead atoms. The predicted octanol–water partition coefficient (Wildman–Crippen LogP) is 2.68. The van der Waals surface area contributed by atoms with Crippen molar-refractivity contribution >= 4 is 27.8 Å². The van der Waals surface area contributed by atoms with Crippen molar-refractivity contribution < 1.29 is 14.3 Å². The van der Waals surface area contributed by atoms with Crippen LogP contribution < -0.4 is 5.32 Å². The number of halogens is 1. The highest BCUT2D eigenvalue weighted by molar-refractivity contribution is 9.10. The van der Waals surface area contributed by atoms with Gasteiger partial charge >= 0.3 is 5.97 Å². The summed E-state index contributed by atoms with van der Waals surface area (Å²) in [5, 5.41) is 2.70. The number of carbonyl (C=O) groups is 2. The van der Waals surface area contributed by atoms with Gasteiger partial charge in [-0.25, -0.2) is 4.79 Å². The molecule has 0 aromatic heterocycles. The Bertz CT molecular complexity index is 486. The fraction of sp³-hybridized carbons (Fsp3) is 0.429. The van der Waals surface area contributed by atoms with Crippen LogP contribution in [0.5, 0.6) is 0 Å². The van der Waals surface area contributed by atoms with Crippen LogP contribution in [0, 0.1) is 12.8 Å². The summed E-state index contributed by atoms with van der Waals surface area (Å²) in [6, 6.07) is 4.67. The lowest BCUT2D eigenvalue weighted by Crippen LogP contribution is -2.45. The van der Waals surface area contributed by atoms with E-state index >= 15 is 0 Å². The number of benzene rings is 1. The first-order valence-electron chi connectivity index (χ1n) is 6.01. The summed E-state index contributed by atoms with van der Waals surface area (Å²) in [4.78, 5) is 23.7. The number of hydrogen-bond donors (Lipinski definition) is 1. The molecule has 1 rings (SSSR count).